The van der Waals surface area contributed by atoms with Crippen LogP contribution in [0.1, 0.15) is 22.8 Å². The van der Waals surface area contributed by atoms with E-state index in [0.717, 1.165) is 0 Å². The highest BCUT2D eigenvalue weighted by atomic mass is 32.2. The van der Waals surface area contributed by atoms with E-state index in [1.165, 1.54) is 12.3 Å². The summed E-state index contributed by atoms with van der Waals surface area (Å²) in [6.45, 7) is 2.00. The van der Waals surface area contributed by atoms with Gasteiger partial charge in [-0.3, -0.25) is 4.79 Å². The van der Waals surface area contributed by atoms with Gasteiger partial charge in [-0.1, -0.05) is 31.2 Å². The van der Waals surface area contributed by atoms with Crippen LogP contribution in [0.2, 0.25) is 0 Å². The van der Waals surface area contributed by atoms with E-state index in [1.54, 1.807) is 60.7 Å². The van der Waals surface area contributed by atoms with Crippen molar-refractivity contribution in [2.75, 3.05) is 10.5 Å². The van der Waals surface area contributed by atoms with Gasteiger partial charge in [0.15, 0.2) is 5.43 Å². The molecule has 1 aromatic heterocycles. The minimum Gasteiger partial charge on any atom is -0.489 e. The Morgan fingerprint density at radius 1 is 1.09 bits per heavy atom. The fourth-order valence-electron chi connectivity index (χ4n) is 3.28. The predicted molar refractivity (Wildman–Crippen MR) is 128 cm³/mol. The quantitative estimate of drug-likeness (QED) is 0.388. The number of carboxylic acid groups (broad SMARTS) is 1. The van der Waals surface area contributed by atoms with E-state index in [1.807, 2.05) is 6.92 Å². The molecule has 2 N–H and O–H groups in total. The van der Waals surface area contributed by atoms with Gasteiger partial charge in [0.1, 0.15) is 35.2 Å². The number of hydrogen-bond acceptors (Lipinski definition) is 5. The summed E-state index contributed by atoms with van der Waals surface area (Å²) >= 11 is 0. The molecular formula is C25H21NO6S. The van der Waals surface area contributed by atoms with E-state index in [9.17, 15) is 13.8 Å². The molecule has 7 nitrogen and oxygen atoms in total. The molecule has 8 heteroatoms. The van der Waals surface area contributed by atoms with Crippen LogP contribution in [0, 0.1) is 0 Å². The van der Waals surface area contributed by atoms with E-state index in [2.05, 4.69) is 4.72 Å². The lowest BCUT2D eigenvalue weighted by molar-refractivity contribution is 0.0696. The van der Waals surface area contributed by atoms with Crippen LogP contribution < -0.4 is 14.9 Å². The van der Waals surface area contributed by atoms with Gasteiger partial charge in [-0.05, 0) is 47.5 Å². The maximum Gasteiger partial charge on any atom is 0.335 e. The van der Waals surface area contributed by atoms with Crippen LogP contribution >= 0.6 is 0 Å². The van der Waals surface area contributed by atoms with E-state index >= 15 is 0 Å². The predicted octanol–water partition coefficient (Wildman–Crippen LogP) is 4.83. The summed E-state index contributed by atoms with van der Waals surface area (Å²) in [7, 11) is -1.14. The maximum absolute atomic E-state index is 13.0. The van der Waals surface area contributed by atoms with Crippen molar-refractivity contribution < 1.29 is 23.3 Å². The molecule has 4 rings (SSSR count). The second-order valence-electron chi connectivity index (χ2n) is 7.24. The smallest absolute Gasteiger partial charge is 0.335 e. The van der Waals surface area contributed by atoms with Crippen molar-refractivity contribution in [3.63, 3.8) is 0 Å². The molecule has 33 heavy (non-hydrogen) atoms. The number of ether oxygens (including phenoxy) is 1. The molecule has 0 aliphatic carbocycles. The van der Waals surface area contributed by atoms with Gasteiger partial charge in [0, 0.05) is 17.5 Å². The first kappa shape index (κ1) is 22.3. The second kappa shape index (κ2) is 9.70. The summed E-state index contributed by atoms with van der Waals surface area (Å²) in [5, 5.41) is 9.52. The highest BCUT2D eigenvalue weighted by Gasteiger charge is 2.11. The molecule has 1 heterocycles. The summed E-state index contributed by atoms with van der Waals surface area (Å²) in [5.74, 6) is -0.00312. The summed E-state index contributed by atoms with van der Waals surface area (Å²) in [4.78, 5) is 24.1. The number of carbonyl (C=O) groups is 1. The van der Waals surface area contributed by atoms with Crippen molar-refractivity contribution >= 4 is 33.6 Å². The minimum absolute atomic E-state index is 0.171. The van der Waals surface area contributed by atoms with Gasteiger partial charge in [0.2, 0.25) is 0 Å². The van der Waals surface area contributed by atoms with Gasteiger partial charge in [0.05, 0.1) is 16.5 Å². The molecule has 0 bridgehead atoms. The first-order valence-corrected chi connectivity index (χ1v) is 11.5. The fraction of sp³-hybridized carbons (Fsp3) is 0.120. The number of rotatable bonds is 8. The van der Waals surface area contributed by atoms with Gasteiger partial charge < -0.3 is 19.0 Å². The highest BCUT2D eigenvalue weighted by molar-refractivity contribution is 7.86. The normalized spacial score (nSPS) is 11.8. The molecule has 4 aromatic rings. The molecule has 1 atom stereocenters. The standard InChI is InChI=1S/C25H21NO6S/c1-2-33(30)26-19-8-6-17(7-9-19)22-15-32-23-13-20(10-11-21(23)24(22)27)31-14-16-4-3-5-18(12-16)25(28)29/h3-13,15,26H,2,14H2,1H3,(H,28,29). The number of benzene rings is 3. The monoisotopic (exact) mass is 463 g/mol. The van der Waals surface area contributed by atoms with Gasteiger partial charge >= 0.3 is 5.97 Å². The van der Waals surface area contributed by atoms with Crippen LogP contribution in [0.3, 0.4) is 0 Å². The topological polar surface area (TPSA) is 106 Å². The Kier molecular flexibility index (Phi) is 6.55. The van der Waals surface area contributed by atoms with Crippen molar-refractivity contribution in [3.05, 3.63) is 94.3 Å². The van der Waals surface area contributed by atoms with Gasteiger partial charge in [-0.15, -0.1) is 0 Å². The number of hydrogen-bond donors (Lipinski definition) is 2. The third kappa shape index (κ3) is 5.12. The maximum atomic E-state index is 13.0. The van der Waals surface area contributed by atoms with E-state index in [-0.39, 0.29) is 17.6 Å². The molecule has 0 fully saturated rings. The zero-order valence-corrected chi connectivity index (χ0v) is 18.6. The molecule has 0 aliphatic rings. The van der Waals surface area contributed by atoms with Crippen LogP contribution in [0.15, 0.2) is 82.2 Å². The number of anilines is 1. The SMILES string of the molecule is CCS(=O)Nc1ccc(-c2coc3cc(OCc4cccc(C(=O)O)c4)ccc3c2=O)cc1. The molecule has 0 saturated carbocycles. The summed E-state index contributed by atoms with van der Waals surface area (Å²) < 4.78 is 26.0. The van der Waals surface area contributed by atoms with E-state index < -0.39 is 17.0 Å². The molecule has 168 valence electrons. The second-order valence-corrected chi connectivity index (χ2v) is 8.72. The Morgan fingerprint density at radius 3 is 2.61 bits per heavy atom. The lowest BCUT2D eigenvalue weighted by Gasteiger charge is -2.09. The van der Waals surface area contributed by atoms with E-state index in [4.69, 9.17) is 14.3 Å². The summed E-state index contributed by atoms with van der Waals surface area (Å²) in [6.07, 6.45) is 1.41. The van der Waals surface area contributed by atoms with Gasteiger partial charge in [-0.2, -0.15) is 0 Å². The average Bonchev–Trinajstić information content (AvgIpc) is 2.83. The molecule has 3 aromatic carbocycles. The van der Waals surface area contributed by atoms with Gasteiger partial charge in [-0.25, -0.2) is 9.00 Å². The zero-order valence-electron chi connectivity index (χ0n) is 17.7. The molecule has 1 unspecified atom stereocenters. The van der Waals surface area contributed by atoms with Crippen molar-refractivity contribution in [2.24, 2.45) is 0 Å². The average molecular weight is 464 g/mol. The van der Waals surface area contributed by atoms with Crippen molar-refractivity contribution in [2.45, 2.75) is 13.5 Å². The molecule has 0 amide bonds. The van der Waals surface area contributed by atoms with E-state index in [0.29, 0.717) is 44.8 Å². The zero-order chi connectivity index (χ0) is 23.4. The van der Waals surface area contributed by atoms with Crippen molar-refractivity contribution in [1.82, 2.24) is 0 Å². The Balaban J connectivity index is 1.54. The Labute approximate surface area is 192 Å². The molecule has 0 spiro atoms. The van der Waals surface area contributed by atoms with Crippen molar-refractivity contribution in [1.29, 1.82) is 0 Å². The van der Waals surface area contributed by atoms with Crippen LogP contribution in [0.4, 0.5) is 5.69 Å². The Bertz CT molecular complexity index is 1390. The first-order valence-electron chi connectivity index (χ1n) is 10.2. The lowest BCUT2D eigenvalue weighted by Crippen LogP contribution is -2.07. The minimum atomic E-state index is -1.14. The highest BCUT2D eigenvalue weighted by Crippen LogP contribution is 2.25. The van der Waals surface area contributed by atoms with Crippen LogP contribution in [-0.2, 0) is 17.6 Å². The Morgan fingerprint density at radius 2 is 1.88 bits per heavy atom. The largest absolute Gasteiger partial charge is 0.489 e. The summed E-state index contributed by atoms with van der Waals surface area (Å²) in [5.41, 5.74) is 2.94. The van der Waals surface area contributed by atoms with Crippen molar-refractivity contribution in [3.8, 4) is 16.9 Å². The summed E-state index contributed by atoms with van der Waals surface area (Å²) in [6, 6.07) is 18.5. The van der Waals surface area contributed by atoms with Gasteiger partial charge in [0.25, 0.3) is 0 Å². The third-order valence-corrected chi connectivity index (χ3v) is 6.00. The van der Waals surface area contributed by atoms with Crippen LogP contribution in [-0.4, -0.2) is 21.0 Å². The Hall–Kier alpha value is -3.91. The number of carboxylic acids is 1. The van der Waals surface area contributed by atoms with Crippen LogP contribution in [0.5, 0.6) is 5.75 Å². The third-order valence-electron chi connectivity index (χ3n) is 5.02. The van der Waals surface area contributed by atoms with Crippen LogP contribution in [0.25, 0.3) is 22.1 Å². The molecule has 0 saturated heterocycles. The number of aromatic carboxylic acids is 1. The fourth-order valence-corrected chi connectivity index (χ4v) is 3.82. The molecule has 0 aliphatic heterocycles. The lowest BCUT2D eigenvalue weighted by atomic mass is 10.1. The number of nitrogens with one attached hydrogen (secondary N) is 1. The molecule has 0 radical (unpaired) electrons. The first-order chi connectivity index (χ1) is 15.9. The number of fused-ring (bicyclic) bond motifs is 1. The molecular weight excluding hydrogens is 442 g/mol.